The van der Waals surface area contributed by atoms with Gasteiger partial charge >= 0.3 is 0 Å². The summed E-state index contributed by atoms with van der Waals surface area (Å²) < 4.78 is 11.4. The number of unbranched alkanes of at least 4 members (excludes halogenated alkanes) is 1. The number of aromatic nitrogens is 1. The van der Waals surface area contributed by atoms with Crippen molar-refractivity contribution in [2.24, 2.45) is 0 Å². The molecule has 3 aromatic rings. The molecule has 1 aromatic heterocycles. The lowest BCUT2D eigenvalue weighted by atomic mass is 10.1. The van der Waals surface area contributed by atoms with E-state index in [1.165, 1.54) is 0 Å². The molecule has 0 spiro atoms. The van der Waals surface area contributed by atoms with Crippen molar-refractivity contribution in [1.82, 2.24) is 10.3 Å². The summed E-state index contributed by atoms with van der Waals surface area (Å²) in [6.45, 7) is 5.33. The normalized spacial score (nSPS) is 10.6. The van der Waals surface area contributed by atoms with Crippen LogP contribution in [0.3, 0.4) is 0 Å². The maximum absolute atomic E-state index is 12.5. The minimum absolute atomic E-state index is 0.111. The lowest BCUT2D eigenvalue weighted by Gasteiger charge is -2.07. The SMILES string of the molecule is CCCCNC(=O)c1ccccc1-c1ncc(-c2ccc(OCC)cc2)o1. The van der Waals surface area contributed by atoms with Crippen molar-refractivity contribution in [3.8, 4) is 28.5 Å². The molecule has 5 nitrogen and oxygen atoms in total. The molecule has 0 bridgehead atoms. The monoisotopic (exact) mass is 364 g/mol. The summed E-state index contributed by atoms with van der Waals surface area (Å²) in [4.78, 5) is 16.9. The van der Waals surface area contributed by atoms with E-state index in [9.17, 15) is 4.79 Å². The smallest absolute Gasteiger partial charge is 0.252 e. The maximum Gasteiger partial charge on any atom is 0.252 e. The Morgan fingerprint density at radius 3 is 2.63 bits per heavy atom. The van der Waals surface area contributed by atoms with Crippen LogP contribution in [-0.4, -0.2) is 24.0 Å². The molecule has 0 aliphatic rings. The second-order valence-corrected chi connectivity index (χ2v) is 6.14. The Morgan fingerprint density at radius 2 is 1.89 bits per heavy atom. The Bertz CT molecular complexity index is 885. The van der Waals surface area contributed by atoms with E-state index in [1.54, 1.807) is 12.3 Å². The summed E-state index contributed by atoms with van der Waals surface area (Å²) >= 11 is 0. The molecule has 0 saturated carbocycles. The van der Waals surface area contributed by atoms with Crippen molar-refractivity contribution >= 4 is 5.91 Å². The Balaban J connectivity index is 1.83. The predicted octanol–water partition coefficient (Wildman–Crippen LogP) is 4.94. The van der Waals surface area contributed by atoms with Crippen LogP contribution in [0.2, 0.25) is 0 Å². The number of ether oxygens (including phenoxy) is 1. The molecular formula is C22H24N2O3. The van der Waals surface area contributed by atoms with Crippen molar-refractivity contribution in [1.29, 1.82) is 0 Å². The second kappa shape index (κ2) is 9.03. The Morgan fingerprint density at radius 1 is 1.11 bits per heavy atom. The number of amides is 1. The average Bonchev–Trinajstić information content (AvgIpc) is 3.19. The average molecular weight is 364 g/mol. The fourth-order valence-corrected chi connectivity index (χ4v) is 2.76. The van der Waals surface area contributed by atoms with E-state index in [2.05, 4.69) is 17.2 Å². The minimum Gasteiger partial charge on any atom is -0.494 e. The zero-order chi connectivity index (χ0) is 19.1. The first-order chi connectivity index (χ1) is 13.2. The molecule has 0 fully saturated rings. The zero-order valence-electron chi connectivity index (χ0n) is 15.7. The second-order valence-electron chi connectivity index (χ2n) is 6.14. The van der Waals surface area contributed by atoms with Crippen molar-refractivity contribution < 1.29 is 13.9 Å². The topological polar surface area (TPSA) is 64.4 Å². The lowest BCUT2D eigenvalue weighted by molar-refractivity contribution is 0.0953. The van der Waals surface area contributed by atoms with E-state index in [-0.39, 0.29) is 5.91 Å². The van der Waals surface area contributed by atoms with Crippen LogP contribution >= 0.6 is 0 Å². The van der Waals surface area contributed by atoms with Crippen molar-refractivity contribution in [3.63, 3.8) is 0 Å². The van der Waals surface area contributed by atoms with Gasteiger partial charge in [0.1, 0.15) is 5.75 Å². The first-order valence-electron chi connectivity index (χ1n) is 9.29. The number of carbonyl (C=O) groups is 1. The van der Waals surface area contributed by atoms with E-state index < -0.39 is 0 Å². The zero-order valence-corrected chi connectivity index (χ0v) is 15.7. The molecule has 5 heteroatoms. The van der Waals surface area contributed by atoms with E-state index in [4.69, 9.17) is 9.15 Å². The van der Waals surface area contributed by atoms with Gasteiger partial charge in [0.2, 0.25) is 5.89 Å². The molecule has 0 radical (unpaired) electrons. The number of oxazole rings is 1. The number of nitrogens with zero attached hydrogens (tertiary/aromatic N) is 1. The van der Waals surface area contributed by atoms with Gasteiger partial charge in [0.05, 0.1) is 18.4 Å². The van der Waals surface area contributed by atoms with Gasteiger partial charge in [-0.15, -0.1) is 0 Å². The lowest BCUT2D eigenvalue weighted by Crippen LogP contribution is -2.24. The predicted molar refractivity (Wildman–Crippen MR) is 106 cm³/mol. The van der Waals surface area contributed by atoms with Crippen molar-refractivity contribution in [2.75, 3.05) is 13.2 Å². The number of rotatable bonds is 8. The van der Waals surface area contributed by atoms with E-state index in [0.29, 0.717) is 35.9 Å². The summed E-state index contributed by atoms with van der Waals surface area (Å²) in [5.74, 6) is 1.78. The standard InChI is InChI=1S/C22H24N2O3/c1-3-5-14-23-21(25)18-8-6-7-9-19(18)22-24-15-20(27-22)16-10-12-17(13-11-16)26-4-2/h6-13,15H,3-5,14H2,1-2H3,(H,23,25). The Hall–Kier alpha value is -3.08. The van der Waals surface area contributed by atoms with Crippen LogP contribution in [0, 0.1) is 0 Å². The number of nitrogens with one attached hydrogen (secondary N) is 1. The van der Waals surface area contributed by atoms with Gasteiger partial charge in [-0.05, 0) is 49.7 Å². The van der Waals surface area contributed by atoms with Gasteiger partial charge in [-0.3, -0.25) is 4.79 Å². The van der Waals surface area contributed by atoms with Gasteiger partial charge < -0.3 is 14.5 Å². The van der Waals surface area contributed by atoms with Gasteiger partial charge in [-0.1, -0.05) is 25.5 Å². The molecule has 140 valence electrons. The maximum atomic E-state index is 12.5. The van der Waals surface area contributed by atoms with Crippen LogP contribution in [0.4, 0.5) is 0 Å². The summed E-state index contributed by atoms with van der Waals surface area (Å²) in [6.07, 6.45) is 3.67. The van der Waals surface area contributed by atoms with Gasteiger partial charge in [0, 0.05) is 17.7 Å². The van der Waals surface area contributed by atoms with Gasteiger partial charge in [-0.2, -0.15) is 0 Å². The fraction of sp³-hybridized carbons (Fsp3) is 0.273. The van der Waals surface area contributed by atoms with E-state index >= 15 is 0 Å². The number of hydrogen-bond donors (Lipinski definition) is 1. The van der Waals surface area contributed by atoms with Crippen LogP contribution in [0.15, 0.2) is 59.1 Å². The summed E-state index contributed by atoms with van der Waals surface area (Å²) in [6, 6.07) is 15.0. The Kier molecular flexibility index (Phi) is 6.26. The molecule has 1 N–H and O–H groups in total. The third-order valence-corrected chi connectivity index (χ3v) is 4.17. The molecule has 1 heterocycles. The van der Waals surface area contributed by atoms with Crippen LogP contribution in [-0.2, 0) is 0 Å². The number of carbonyl (C=O) groups excluding carboxylic acids is 1. The third-order valence-electron chi connectivity index (χ3n) is 4.17. The number of hydrogen-bond acceptors (Lipinski definition) is 4. The summed E-state index contributed by atoms with van der Waals surface area (Å²) in [5.41, 5.74) is 2.15. The number of benzene rings is 2. The molecule has 0 aliphatic carbocycles. The van der Waals surface area contributed by atoms with Crippen LogP contribution in [0.5, 0.6) is 5.75 Å². The molecule has 2 aromatic carbocycles. The summed E-state index contributed by atoms with van der Waals surface area (Å²) in [7, 11) is 0. The van der Waals surface area contributed by atoms with Crippen LogP contribution < -0.4 is 10.1 Å². The molecule has 1 amide bonds. The third kappa shape index (κ3) is 4.56. The van der Waals surface area contributed by atoms with E-state index in [0.717, 1.165) is 24.2 Å². The first-order valence-corrected chi connectivity index (χ1v) is 9.29. The highest BCUT2D eigenvalue weighted by Crippen LogP contribution is 2.29. The van der Waals surface area contributed by atoms with E-state index in [1.807, 2.05) is 49.4 Å². The molecule has 0 saturated heterocycles. The van der Waals surface area contributed by atoms with Gasteiger partial charge in [-0.25, -0.2) is 4.98 Å². The summed E-state index contributed by atoms with van der Waals surface area (Å²) in [5, 5.41) is 2.94. The van der Waals surface area contributed by atoms with Gasteiger partial charge in [0.25, 0.3) is 5.91 Å². The van der Waals surface area contributed by atoms with Crippen LogP contribution in [0.1, 0.15) is 37.0 Å². The van der Waals surface area contributed by atoms with Crippen molar-refractivity contribution in [3.05, 3.63) is 60.3 Å². The molecule has 0 aliphatic heterocycles. The highest BCUT2D eigenvalue weighted by atomic mass is 16.5. The highest BCUT2D eigenvalue weighted by Gasteiger charge is 2.16. The Labute approximate surface area is 159 Å². The molecule has 0 atom stereocenters. The molecule has 27 heavy (non-hydrogen) atoms. The molecule has 0 unspecified atom stereocenters. The first kappa shape index (κ1) is 18.7. The van der Waals surface area contributed by atoms with Crippen molar-refractivity contribution in [2.45, 2.75) is 26.7 Å². The fourth-order valence-electron chi connectivity index (χ4n) is 2.76. The highest BCUT2D eigenvalue weighted by molar-refractivity contribution is 6.00. The largest absolute Gasteiger partial charge is 0.494 e. The van der Waals surface area contributed by atoms with Crippen LogP contribution in [0.25, 0.3) is 22.8 Å². The molecular weight excluding hydrogens is 340 g/mol. The minimum atomic E-state index is -0.111. The molecule has 3 rings (SSSR count). The quantitative estimate of drug-likeness (QED) is 0.575. The van der Waals surface area contributed by atoms with Gasteiger partial charge in [0.15, 0.2) is 5.76 Å².